The second-order valence-corrected chi connectivity index (χ2v) is 5.73. The maximum absolute atomic E-state index is 11.7. The predicted octanol–water partition coefficient (Wildman–Crippen LogP) is 2.20. The van der Waals surface area contributed by atoms with E-state index in [1.54, 1.807) is 24.3 Å². The maximum atomic E-state index is 11.7. The van der Waals surface area contributed by atoms with E-state index < -0.39 is 10.0 Å². The quantitative estimate of drug-likeness (QED) is 0.812. The molecule has 1 aromatic rings. The smallest absolute Gasteiger partial charge is 0.232 e. The highest BCUT2D eigenvalue weighted by atomic mass is 32.2. The van der Waals surface area contributed by atoms with Crippen molar-refractivity contribution >= 4 is 15.7 Å². The normalized spacial score (nSPS) is 11.4. The Balaban J connectivity index is 2.80. The van der Waals surface area contributed by atoms with Crippen molar-refractivity contribution in [3.8, 4) is 0 Å². The largest absolute Gasteiger partial charge is 0.283 e. The average molecular weight is 256 g/mol. The molecule has 17 heavy (non-hydrogen) atoms. The third-order valence-electron chi connectivity index (χ3n) is 2.42. The summed E-state index contributed by atoms with van der Waals surface area (Å²) < 4.78 is 26.0. The fourth-order valence-corrected chi connectivity index (χ4v) is 2.81. The fourth-order valence-electron chi connectivity index (χ4n) is 1.50. The summed E-state index contributed by atoms with van der Waals surface area (Å²) in [4.78, 5) is 0. The van der Waals surface area contributed by atoms with E-state index >= 15 is 0 Å². The van der Waals surface area contributed by atoms with Gasteiger partial charge in [-0.1, -0.05) is 31.5 Å². The summed E-state index contributed by atoms with van der Waals surface area (Å²) >= 11 is 0. The lowest BCUT2D eigenvalue weighted by atomic mass is 10.1. The van der Waals surface area contributed by atoms with Crippen LogP contribution in [-0.2, 0) is 21.6 Å². The molecule has 0 saturated heterocycles. The van der Waals surface area contributed by atoms with Gasteiger partial charge in [-0.2, -0.15) is 0 Å². The molecule has 0 spiro atoms. The number of benzene rings is 1. The van der Waals surface area contributed by atoms with E-state index in [4.69, 9.17) is 0 Å². The van der Waals surface area contributed by atoms with E-state index in [9.17, 15) is 13.5 Å². The minimum Gasteiger partial charge on any atom is -0.283 e. The highest BCUT2D eigenvalue weighted by Crippen LogP contribution is 2.17. The van der Waals surface area contributed by atoms with Crippen LogP contribution >= 0.6 is 0 Å². The van der Waals surface area contributed by atoms with Gasteiger partial charge in [-0.25, -0.2) is 13.5 Å². The van der Waals surface area contributed by atoms with Gasteiger partial charge in [0, 0.05) is 6.42 Å². The van der Waals surface area contributed by atoms with Gasteiger partial charge >= 0.3 is 0 Å². The van der Waals surface area contributed by atoms with Crippen LogP contribution in [0.15, 0.2) is 24.3 Å². The van der Waals surface area contributed by atoms with Crippen molar-refractivity contribution < 1.29 is 13.5 Å². The predicted molar refractivity (Wildman–Crippen MR) is 68.0 cm³/mol. The summed E-state index contributed by atoms with van der Waals surface area (Å²) in [5.41, 5.74) is 1.28. The first kappa shape index (κ1) is 14.0. The summed E-state index contributed by atoms with van der Waals surface area (Å²) in [5.74, 6) is 0.120. The van der Waals surface area contributed by atoms with E-state index in [0.29, 0.717) is 18.5 Å². The monoisotopic (exact) mass is 256 g/mol. The van der Waals surface area contributed by atoms with Gasteiger partial charge < -0.3 is 0 Å². The van der Waals surface area contributed by atoms with Gasteiger partial charge in [0.05, 0.1) is 18.0 Å². The van der Waals surface area contributed by atoms with E-state index in [1.165, 1.54) is 0 Å². The van der Waals surface area contributed by atoms with Gasteiger partial charge in [0.15, 0.2) is 0 Å². The zero-order valence-corrected chi connectivity index (χ0v) is 10.8. The number of para-hydroxylation sites is 1. The number of hydrogen-bond donors (Lipinski definition) is 1. The molecule has 0 unspecified atom stereocenters. The second-order valence-electron chi connectivity index (χ2n) is 3.89. The molecule has 4 nitrogen and oxygen atoms in total. The molecule has 0 amide bonds. The van der Waals surface area contributed by atoms with Crippen LogP contribution in [0.4, 0.5) is 5.69 Å². The van der Waals surface area contributed by atoms with Crippen LogP contribution in [-0.4, -0.2) is 20.8 Å². The summed E-state index contributed by atoms with van der Waals surface area (Å²) in [7, 11) is -3.29. The van der Waals surface area contributed by atoms with Crippen molar-refractivity contribution in [1.29, 1.82) is 0 Å². The second kappa shape index (κ2) is 6.61. The van der Waals surface area contributed by atoms with E-state index in [0.717, 1.165) is 12.0 Å². The molecule has 95 valence electrons. The van der Waals surface area contributed by atoms with E-state index in [-0.39, 0.29) is 12.4 Å². The molecule has 0 bridgehead atoms. The zero-order valence-electron chi connectivity index (χ0n) is 9.98. The lowest BCUT2D eigenvalue weighted by Crippen LogP contribution is -2.17. The van der Waals surface area contributed by atoms with Crippen molar-refractivity contribution in [2.45, 2.75) is 26.2 Å². The molecule has 0 aliphatic rings. The highest BCUT2D eigenvalue weighted by molar-refractivity contribution is 7.92. The van der Waals surface area contributed by atoms with Crippen molar-refractivity contribution in [2.75, 3.05) is 17.1 Å². The van der Waals surface area contributed by atoms with Crippen LogP contribution < -0.4 is 4.72 Å². The van der Waals surface area contributed by atoms with Gasteiger partial charge in [-0.05, 0) is 18.1 Å². The molecule has 0 heterocycles. The summed E-state index contributed by atoms with van der Waals surface area (Å²) in [6, 6.07) is 7.02. The average Bonchev–Trinajstić information content (AvgIpc) is 2.29. The topological polar surface area (TPSA) is 66.1 Å². The van der Waals surface area contributed by atoms with Crippen LogP contribution in [0.1, 0.15) is 25.3 Å². The number of anilines is 1. The third-order valence-corrected chi connectivity index (χ3v) is 3.78. The van der Waals surface area contributed by atoms with Crippen molar-refractivity contribution in [3.63, 3.8) is 0 Å². The Bertz CT molecular complexity index is 443. The summed E-state index contributed by atoms with van der Waals surface area (Å²) in [5, 5.41) is 10.6. The zero-order chi connectivity index (χ0) is 12.7. The van der Waals surface area contributed by atoms with Crippen molar-refractivity contribution in [3.05, 3.63) is 29.8 Å². The molecule has 0 atom stereocenters. The van der Waals surface area contributed by atoms with Crippen LogP contribution in [0.5, 0.6) is 0 Å². The number of nitrogens with one attached hydrogen (secondary N) is 1. The Morgan fingerprint density at radius 3 is 2.59 bits per heavy atom. The first-order chi connectivity index (χ1) is 8.09. The standard InChI is InChI=1S/C12H18NO3S/c1-2-3-10-17(15,16)13-12-7-5-4-6-11(12)8-9-14/h4-7,13H,2-3,8-10H2,1H3. The highest BCUT2D eigenvalue weighted by Gasteiger charge is 2.11. The van der Waals surface area contributed by atoms with E-state index in [2.05, 4.69) is 4.72 Å². The first-order valence-electron chi connectivity index (χ1n) is 5.75. The summed E-state index contributed by atoms with van der Waals surface area (Å²) in [6.07, 6.45) is 1.81. The van der Waals surface area contributed by atoms with Gasteiger partial charge in [0.1, 0.15) is 0 Å². The molecule has 0 aliphatic heterocycles. The molecular formula is C12H18NO3S. The Labute approximate surface area is 103 Å². The SMILES string of the molecule is CCCCS(=O)(=O)Nc1ccccc1CC[O]. The molecule has 1 radical (unpaired) electrons. The molecule has 0 aromatic heterocycles. The summed E-state index contributed by atoms with van der Waals surface area (Å²) in [6.45, 7) is 1.70. The molecule has 0 saturated carbocycles. The first-order valence-corrected chi connectivity index (χ1v) is 7.41. The van der Waals surface area contributed by atoms with Gasteiger partial charge in [0.25, 0.3) is 0 Å². The minimum atomic E-state index is -3.29. The van der Waals surface area contributed by atoms with E-state index in [1.807, 2.05) is 6.92 Å². The lowest BCUT2D eigenvalue weighted by Gasteiger charge is -2.11. The lowest BCUT2D eigenvalue weighted by molar-refractivity contribution is 0.197. The van der Waals surface area contributed by atoms with Crippen LogP contribution in [0.2, 0.25) is 0 Å². The Kier molecular flexibility index (Phi) is 5.44. The van der Waals surface area contributed by atoms with Crippen molar-refractivity contribution in [1.82, 2.24) is 0 Å². The molecule has 0 fully saturated rings. The number of sulfonamides is 1. The van der Waals surface area contributed by atoms with Gasteiger partial charge in [0.2, 0.25) is 10.0 Å². The van der Waals surface area contributed by atoms with Crippen LogP contribution in [0.3, 0.4) is 0 Å². The maximum Gasteiger partial charge on any atom is 0.232 e. The molecule has 0 aliphatic carbocycles. The Morgan fingerprint density at radius 2 is 1.94 bits per heavy atom. The Hall–Kier alpha value is -1.07. The van der Waals surface area contributed by atoms with Crippen LogP contribution in [0.25, 0.3) is 0 Å². The van der Waals surface area contributed by atoms with Crippen LogP contribution in [0, 0.1) is 0 Å². The molecule has 1 N–H and O–H groups in total. The van der Waals surface area contributed by atoms with Crippen molar-refractivity contribution in [2.24, 2.45) is 0 Å². The molecule has 5 heteroatoms. The number of rotatable bonds is 7. The minimum absolute atomic E-state index is 0.120. The van der Waals surface area contributed by atoms with Gasteiger partial charge in [-0.15, -0.1) is 0 Å². The number of unbranched alkanes of at least 4 members (excludes halogenated alkanes) is 1. The molecule has 1 aromatic carbocycles. The fraction of sp³-hybridized carbons (Fsp3) is 0.500. The third kappa shape index (κ3) is 4.75. The number of hydrogen-bond acceptors (Lipinski definition) is 2. The van der Waals surface area contributed by atoms with Gasteiger partial charge in [-0.3, -0.25) is 4.72 Å². The molecule has 1 rings (SSSR count). The Morgan fingerprint density at radius 1 is 1.24 bits per heavy atom. The molecular weight excluding hydrogens is 238 g/mol.